The zero-order valence-electron chi connectivity index (χ0n) is 15.1. The zero-order valence-corrected chi connectivity index (χ0v) is 15.9. The normalized spacial score (nSPS) is 10.1. The molecule has 0 unspecified atom stereocenters. The first kappa shape index (κ1) is 21.0. The number of carbonyl (C=O) groups excluding carboxylic acids is 3. The zero-order chi connectivity index (χ0) is 20.5. The minimum atomic E-state index is -0.736. The SMILES string of the molecule is C=CCNc1nc(C(=O)OCC(=O)N(C)CC(=O)Nc2ccc(F)cc2)cs1. The number of hydrogen-bond donors (Lipinski definition) is 2. The van der Waals surface area contributed by atoms with Crippen LogP contribution in [0.4, 0.5) is 15.2 Å². The monoisotopic (exact) mass is 406 g/mol. The first-order chi connectivity index (χ1) is 13.4. The second-order valence-corrected chi connectivity index (χ2v) is 6.45. The molecule has 0 aliphatic rings. The van der Waals surface area contributed by atoms with E-state index < -0.39 is 30.2 Å². The highest BCUT2D eigenvalue weighted by Crippen LogP contribution is 2.15. The van der Waals surface area contributed by atoms with Gasteiger partial charge in [0.25, 0.3) is 5.91 Å². The number of ether oxygens (including phenoxy) is 1. The van der Waals surface area contributed by atoms with E-state index >= 15 is 0 Å². The lowest BCUT2D eigenvalue weighted by Crippen LogP contribution is -2.37. The van der Waals surface area contributed by atoms with E-state index in [-0.39, 0.29) is 12.2 Å². The molecule has 0 bridgehead atoms. The van der Waals surface area contributed by atoms with E-state index in [2.05, 4.69) is 22.2 Å². The summed E-state index contributed by atoms with van der Waals surface area (Å²) in [6, 6.07) is 5.23. The third kappa shape index (κ3) is 6.47. The van der Waals surface area contributed by atoms with Crippen molar-refractivity contribution < 1.29 is 23.5 Å². The molecule has 0 atom stereocenters. The molecule has 2 amide bonds. The highest BCUT2D eigenvalue weighted by atomic mass is 32.1. The van der Waals surface area contributed by atoms with Gasteiger partial charge in [-0.15, -0.1) is 17.9 Å². The topological polar surface area (TPSA) is 101 Å². The minimum absolute atomic E-state index is 0.0843. The van der Waals surface area contributed by atoms with E-state index in [9.17, 15) is 18.8 Å². The van der Waals surface area contributed by atoms with Crippen LogP contribution in [-0.2, 0) is 14.3 Å². The molecule has 8 nitrogen and oxygen atoms in total. The van der Waals surface area contributed by atoms with Crippen LogP contribution in [-0.4, -0.2) is 54.4 Å². The summed E-state index contributed by atoms with van der Waals surface area (Å²) < 4.78 is 17.8. The van der Waals surface area contributed by atoms with Crippen molar-refractivity contribution in [2.45, 2.75) is 0 Å². The number of aromatic nitrogens is 1. The van der Waals surface area contributed by atoms with Crippen LogP contribution in [0, 0.1) is 5.82 Å². The number of nitrogens with zero attached hydrogens (tertiary/aromatic N) is 2. The summed E-state index contributed by atoms with van der Waals surface area (Å²) in [6.07, 6.45) is 1.65. The molecule has 1 aromatic heterocycles. The Morgan fingerprint density at radius 3 is 2.71 bits per heavy atom. The van der Waals surface area contributed by atoms with Gasteiger partial charge in [-0.1, -0.05) is 6.08 Å². The largest absolute Gasteiger partial charge is 0.451 e. The molecule has 0 spiro atoms. The van der Waals surface area contributed by atoms with Gasteiger partial charge < -0.3 is 20.3 Å². The maximum Gasteiger partial charge on any atom is 0.358 e. The molecular formula is C18H19FN4O4S. The molecule has 0 fully saturated rings. The highest BCUT2D eigenvalue weighted by molar-refractivity contribution is 7.13. The number of likely N-dealkylation sites (N-methyl/N-ethyl adjacent to an activating group) is 1. The Balaban J connectivity index is 1.77. The van der Waals surface area contributed by atoms with Gasteiger partial charge in [-0.3, -0.25) is 9.59 Å². The standard InChI is InChI=1S/C18H19FN4O4S/c1-3-8-20-18-22-14(11-28-18)17(26)27-10-16(25)23(2)9-15(24)21-13-6-4-12(19)5-7-13/h3-7,11H,1,8-10H2,2H3,(H,20,22)(H,21,24). The predicted molar refractivity (Wildman–Crippen MR) is 104 cm³/mol. The van der Waals surface area contributed by atoms with Crippen molar-refractivity contribution in [2.75, 3.05) is 37.4 Å². The summed E-state index contributed by atoms with van der Waals surface area (Å²) in [7, 11) is 1.40. The van der Waals surface area contributed by atoms with Crippen LogP contribution in [0.15, 0.2) is 42.3 Å². The van der Waals surface area contributed by atoms with Gasteiger partial charge in [-0.2, -0.15) is 0 Å². The maximum absolute atomic E-state index is 12.9. The van der Waals surface area contributed by atoms with Crippen molar-refractivity contribution in [2.24, 2.45) is 0 Å². The summed E-state index contributed by atoms with van der Waals surface area (Å²) >= 11 is 1.23. The lowest BCUT2D eigenvalue weighted by atomic mass is 10.3. The van der Waals surface area contributed by atoms with Gasteiger partial charge in [0.15, 0.2) is 17.4 Å². The van der Waals surface area contributed by atoms with E-state index in [1.165, 1.54) is 48.0 Å². The Morgan fingerprint density at radius 1 is 1.32 bits per heavy atom. The van der Waals surface area contributed by atoms with Crippen molar-refractivity contribution in [1.82, 2.24) is 9.88 Å². The van der Waals surface area contributed by atoms with E-state index in [0.717, 1.165) is 4.90 Å². The third-order valence-electron chi connectivity index (χ3n) is 3.37. The number of carbonyl (C=O) groups is 3. The van der Waals surface area contributed by atoms with Crippen LogP contribution in [0.5, 0.6) is 0 Å². The number of anilines is 2. The van der Waals surface area contributed by atoms with E-state index in [1.54, 1.807) is 6.08 Å². The Kier molecular flexibility index (Phi) is 7.64. The third-order valence-corrected chi connectivity index (χ3v) is 4.17. The Bertz CT molecular complexity index is 854. The van der Waals surface area contributed by atoms with Crippen LogP contribution in [0.1, 0.15) is 10.5 Å². The lowest BCUT2D eigenvalue weighted by molar-refractivity contribution is -0.136. The number of thiazole rings is 1. The number of nitrogens with one attached hydrogen (secondary N) is 2. The first-order valence-corrected chi connectivity index (χ1v) is 9.04. The fourth-order valence-corrected chi connectivity index (χ4v) is 2.65. The Hall–Kier alpha value is -3.27. The number of rotatable bonds is 9. The van der Waals surface area contributed by atoms with Crippen molar-refractivity contribution in [1.29, 1.82) is 0 Å². The summed E-state index contributed by atoms with van der Waals surface area (Å²) in [5, 5.41) is 7.52. The average Bonchev–Trinajstić information content (AvgIpc) is 3.15. The number of amides is 2. The number of benzene rings is 1. The predicted octanol–water partition coefficient (Wildman–Crippen LogP) is 2.13. The molecule has 0 saturated carbocycles. The van der Waals surface area contributed by atoms with E-state index in [4.69, 9.17) is 4.74 Å². The molecule has 0 aliphatic carbocycles. The smallest absolute Gasteiger partial charge is 0.358 e. The van der Waals surface area contributed by atoms with Crippen molar-refractivity contribution in [3.63, 3.8) is 0 Å². The molecule has 0 aliphatic heterocycles. The Morgan fingerprint density at radius 2 is 2.04 bits per heavy atom. The number of halogens is 1. The number of hydrogen-bond acceptors (Lipinski definition) is 7. The fraction of sp³-hybridized carbons (Fsp3) is 0.222. The fourth-order valence-electron chi connectivity index (χ4n) is 1.96. The molecule has 2 N–H and O–H groups in total. The molecular weight excluding hydrogens is 387 g/mol. The second kappa shape index (κ2) is 10.2. The van der Waals surface area contributed by atoms with Crippen LogP contribution in [0.25, 0.3) is 0 Å². The molecule has 1 aromatic carbocycles. The van der Waals surface area contributed by atoms with Gasteiger partial charge >= 0.3 is 5.97 Å². The van der Waals surface area contributed by atoms with Gasteiger partial charge in [0.1, 0.15) is 5.82 Å². The molecule has 28 heavy (non-hydrogen) atoms. The summed E-state index contributed by atoms with van der Waals surface area (Å²) in [4.78, 5) is 41.1. The maximum atomic E-state index is 12.9. The Labute approximate surface area is 165 Å². The molecule has 2 aromatic rings. The summed E-state index contributed by atoms with van der Waals surface area (Å²) in [5.41, 5.74) is 0.490. The first-order valence-electron chi connectivity index (χ1n) is 8.16. The number of esters is 1. The molecule has 0 saturated heterocycles. The summed E-state index contributed by atoms with van der Waals surface area (Å²) in [6.45, 7) is 3.30. The summed E-state index contributed by atoms with van der Waals surface area (Å²) in [5.74, 6) is -2.18. The quantitative estimate of drug-likeness (QED) is 0.489. The second-order valence-electron chi connectivity index (χ2n) is 5.59. The van der Waals surface area contributed by atoms with Gasteiger partial charge in [-0.25, -0.2) is 14.2 Å². The van der Waals surface area contributed by atoms with Gasteiger partial charge in [-0.05, 0) is 24.3 Å². The van der Waals surface area contributed by atoms with Gasteiger partial charge in [0, 0.05) is 24.7 Å². The molecule has 2 rings (SSSR count). The van der Waals surface area contributed by atoms with E-state index in [1.807, 2.05) is 0 Å². The van der Waals surface area contributed by atoms with E-state index in [0.29, 0.717) is 17.4 Å². The van der Waals surface area contributed by atoms with Crippen molar-refractivity contribution >= 4 is 39.9 Å². The molecule has 148 valence electrons. The van der Waals surface area contributed by atoms with Crippen LogP contribution < -0.4 is 10.6 Å². The van der Waals surface area contributed by atoms with Crippen molar-refractivity contribution in [3.05, 3.63) is 53.8 Å². The van der Waals surface area contributed by atoms with Crippen LogP contribution in [0.2, 0.25) is 0 Å². The lowest BCUT2D eigenvalue weighted by Gasteiger charge is -2.16. The van der Waals surface area contributed by atoms with Gasteiger partial charge in [0.2, 0.25) is 5.91 Å². The van der Waals surface area contributed by atoms with Crippen LogP contribution in [0.3, 0.4) is 0 Å². The highest BCUT2D eigenvalue weighted by Gasteiger charge is 2.17. The van der Waals surface area contributed by atoms with Crippen LogP contribution >= 0.6 is 11.3 Å². The molecule has 1 heterocycles. The van der Waals surface area contributed by atoms with Crippen molar-refractivity contribution in [3.8, 4) is 0 Å². The minimum Gasteiger partial charge on any atom is -0.451 e. The average molecular weight is 406 g/mol. The van der Waals surface area contributed by atoms with Gasteiger partial charge in [0.05, 0.1) is 6.54 Å². The molecule has 10 heteroatoms. The molecule has 0 radical (unpaired) electrons.